The molecule has 2 heterocycles. The molecule has 0 unspecified atom stereocenters. The number of aromatic nitrogens is 1. The maximum atomic E-state index is 13.9. The molecule has 0 spiro atoms. The first-order valence-corrected chi connectivity index (χ1v) is 13.1. The Morgan fingerprint density at radius 1 is 0.786 bits per heavy atom. The van der Waals surface area contributed by atoms with E-state index in [0.717, 1.165) is 26.3 Å². The van der Waals surface area contributed by atoms with E-state index in [1.807, 2.05) is 30.3 Å². The van der Waals surface area contributed by atoms with Crippen molar-refractivity contribution in [2.24, 2.45) is 0 Å². The van der Waals surface area contributed by atoms with Gasteiger partial charge in [-0.1, -0.05) is 48.5 Å². The number of para-hydroxylation sites is 1. The highest BCUT2D eigenvalue weighted by Gasteiger charge is 2.52. The Morgan fingerprint density at radius 2 is 1.40 bits per heavy atom. The van der Waals surface area contributed by atoms with Crippen LogP contribution >= 0.6 is 0 Å². The van der Waals surface area contributed by atoms with Gasteiger partial charge in [0.05, 0.1) is 16.8 Å². The van der Waals surface area contributed by atoms with Gasteiger partial charge in [-0.05, 0) is 12.1 Å². The molecule has 1 aromatic heterocycles. The van der Waals surface area contributed by atoms with Crippen LogP contribution in [0.5, 0.6) is 0 Å². The van der Waals surface area contributed by atoms with Crippen molar-refractivity contribution >= 4 is 40.7 Å². The molecule has 3 aromatic rings. The highest BCUT2D eigenvalue weighted by Crippen LogP contribution is 2.30. The SMILES string of the molecule is CC(=O)OC[C@@H]1O[C@H](OC(C)=O)[C@H](NC(=O)c2cc(-c3ccccc3)nc3ccccc23)[C@H](OC(C)=O)[C@@H]1OC(C)=O. The number of ether oxygens (including phenoxy) is 5. The van der Waals surface area contributed by atoms with E-state index in [1.165, 1.54) is 6.92 Å². The van der Waals surface area contributed by atoms with E-state index in [1.54, 1.807) is 30.3 Å². The molecular formula is C30H30N2O10. The first kappa shape index (κ1) is 30.1. The number of amides is 1. The van der Waals surface area contributed by atoms with E-state index in [4.69, 9.17) is 28.7 Å². The molecule has 220 valence electrons. The molecule has 1 aliphatic heterocycles. The van der Waals surface area contributed by atoms with Gasteiger partial charge >= 0.3 is 23.9 Å². The van der Waals surface area contributed by atoms with E-state index >= 15 is 0 Å². The van der Waals surface area contributed by atoms with Crippen LogP contribution < -0.4 is 5.32 Å². The lowest BCUT2D eigenvalue weighted by molar-refractivity contribution is -0.270. The number of benzene rings is 2. The second-order valence-electron chi connectivity index (χ2n) is 9.54. The quantitative estimate of drug-likeness (QED) is 0.310. The Hall–Kier alpha value is -4.84. The molecule has 4 rings (SSSR count). The summed E-state index contributed by atoms with van der Waals surface area (Å²) >= 11 is 0. The minimum Gasteiger partial charge on any atom is -0.463 e. The number of hydrogen-bond acceptors (Lipinski definition) is 11. The molecule has 2 aromatic carbocycles. The molecule has 42 heavy (non-hydrogen) atoms. The molecule has 0 saturated carbocycles. The summed E-state index contributed by atoms with van der Waals surface area (Å²) in [7, 11) is 0. The number of nitrogens with zero attached hydrogens (tertiary/aromatic N) is 1. The Morgan fingerprint density at radius 3 is 2.05 bits per heavy atom. The Bertz CT molecular complexity index is 1490. The van der Waals surface area contributed by atoms with Crippen LogP contribution in [-0.2, 0) is 42.9 Å². The summed E-state index contributed by atoms with van der Waals surface area (Å²) in [5.41, 5.74) is 2.09. The van der Waals surface area contributed by atoms with E-state index in [9.17, 15) is 24.0 Å². The van der Waals surface area contributed by atoms with Crippen molar-refractivity contribution in [2.45, 2.75) is 58.3 Å². The van der Waals surface area contributed by atoms with Gasteiger partial charge in [-0.2, -0.15) is 0 Å². The molecule has 0 aliphatic carbocycles. The smallest absolute Gasteiger partial charge is 0.305 e. The van der Waals surface area contributed by atoms with Crippen LogP contribution in [-0.4, -0.2) is 72.0 Å². The number of hydrogen-bond donors (Lipinski definition) is 1. The van der Waals surface area contributed by atoms with Crippen molar-refractivity contribution in [1.82, 2.24) is 10.3 Å². The van der Waals surface area contributed by atoms with Crippen LogP contribution in [0.25, 0.3) is 22.2 Å². The largest absolute Gasteiger partial charge is 0.463 e. The lowest BCUT2D eigenvalue weighted by Crippen LogP contribution is -2.67. The van der Waals surface area contributed by atoms with Crippen LogP contribution in [0.15, 0.2) is 60.7 Å². The van der Waals surface area contributed by atoms with Gasteiger partial charge in [-0.15, -0.1) is 0 Å². The summed E-state index contributed by atoms with van der Waals surface area (Å²) in [5, 5.41) is 3.29. The molecule has 12 heteroatoms. The van der Waals surface area contributed by atoms with Crippen LogP contribution in [0.3, 0.4) is 0 Å². The topological polar surface area (TPSA) is 156 Å². The lowest BCUT2D eigenvalue weighted by Gasteiger charge is -2.44. The monoisotopic (exact) mass is 578 g/mol. The number of fused-ring (bicyclic) bond motifs is 1. The average Bonchev–Trinajstić information content (AvgIpc) is 2.94. The predicted molar refractivity (Wildman–Crippen MR) is 147 cm³/mol. The summed E-state index contributed by atoms with van der Waals surface area (Å²) < 4.78 is 27.3. The Balaban J connectivity index is 1.78. The Kier molecular flexibility index (Phi) is 9.48. The summed E-state index contributed by atoms with van der Waals surface area (Å²) in [6.07, 6.45) is -5.44. The molecule has 1 fully saturated rings. The van der Waals surface area contributed by atoms with Gasteiger partial charge in [0, 0.05) is 38.6 Å². The van der Waals surface area contributed by atoms with Crippen molar-refractivity contribution in [1.29, 1.82) is 0 Å². The zero-order valence-corrected chi connectivity index (χ0v) is 23.4. The number of pyridine rings is 1. The molecule has 1 aliphatic rings. The highest BCUT2D eigenvalue weighted by atomic mass is 16.7. The van der Waals surface area contributed by atoms with E-state index < -0.39 is 67.0 Å². The van der Waals surface area contributed by atoms with Crippen molar-refractivity contribution in [2.75, 3.05) is 6.61 Å². The molecule has 1 amide bonds. The van der Waals surface area contributed by atoms with Crippen molar-refractivity contribution in [3.63, 3.8) is 0 Å². The molecule has 1 N–H and O–H groups in total. The van der Waals surface area contributed by atoms with Gasteiger partial charge in [-0.25, -0.2) is 4.98 Å². The molecule has 0 bridgehead atoms. The molecule has 1 saturated heterocycles. The maximum Gasteiger partial charge on any atom is 0.305 e. The summed E-state index contributed by atoms with van der Waals surface area (Å²) in [6, 6.07) is 16.6. The van der Waals surface area contributed by atoms with Gasteiger partial charge in [0.25, 0.3) is 5.91 Å². The zero-order chi connectivity index (χ0) is 30.4. The Labute approximate surface area is 241 Å². The number of nitrogens with one attached hydrogen (secondary N) is 1. The van der Waals surface area contributed by atoms with Crippen LogP contribution in [0.4, 0.5) is 0 Å². The van der Waals surface area contributed by atoms with Gasteiger partial charge in [0.1, 0.15) is 18.8 Å². The van der Waals surface area contributed by atoms with Gasteiger partial charge in [-0.3, -0.25) is 24.0 Å². The van der Waals surface area contributed by atoms with Crippen molar-refractivity contribution in [3.05, 3.63) is 66.2 Å². The van der Waals surface area contributed by atoms with Crippen LogP contribution in [0.1, 0.15) is 38.1 Å². The molecule has 12 nitrogen and oxygen atoms in total. The standard InChI is InChI=1S/C30H30N2O10/c1-16(33)38-15-25-27(39-17(2)34)28(40-18(3)35)26(30(42-25)41-19(4)36)32-29(37)22-14-24(20-10-6-5-7-11-20)31-23-13-9-8-12-21(22)23/h5-14,25-28,30H,15H2,1-4H3,(H,32,37)/t25-,26+,27+,28-,30-/m0/s1. The third-order valence-corrected chi connectivity index (χ3v) is 6.31. The van der Waals surface area contributed by atoms with E-state index in [0.29, 0.717) is 16.6 Å². The zero-order valence-electron chi connectivity index (χ0n) is 23.4. The summed E-state index contributed by atoms with van der Waals surface area (Å²) in [5.74, 6) is -3.57. The fourth-order valence-corrected chi connectivity index (χ4v) is 4.67. The third kappa shape index (κ3) is 7.26. The third-order valence-electron chi connectivity index (χ3n) is 6.31. The van der Waals surface area contributed by atoms with Crippen LogP contribution in [0, 0.1) is 0 Å². The number of esters is 4. The number of carbonyl (C=O) groups is 5. The fraction of sp³-hybridized carbons (Fsp3) is 0.333. The van der Waals surface area contributed by atoms with Gasteiger partial charge in [0.2, 0.25) is 6.29 Å². The minimum absolute atomic E-state index is 0.230. The van der Waals surface area contributed by atoms with Gasteiger partial charge < -0.3 is 29.0 Å². The van der Waals surface area contributed by atoms with Crippen molar-refractivity contribution in [3.8, 4) is 11.3 Å². The normalized spacial score (nSPS) is 21.6. The fourth-order valence-electron chi connectivity index (χ4n) is 4.67. The molecule has 0 radical (unpaired) electrons. The van der Waals surface area contributed by atoms with Crippen molar-refractivity contribution < 1.29 is 47.7 Å². The minimum atomic E-state index is -1.51. The van der Waals surface area contributed by atoms with Crippen LogP contribution in [0.2, 0.25) is 0 Å². The number of rotatable bonds is 8. The second-order valence-corrected chi connectivity index (χ2v) is 9.54. The van der Waals surface area contributed by atoms with Gasteiger partial charge in [0.15, 0.2) is 12.2 Å². The predicted octanol–water partition coefficient (Wildman–Crippen LogP) is 2.71. The molecule has 5 atom stereocenters. The molecular weight excluding hydrogens is 548 g/mol. The van der Waals surface area contributed by atoms with E-state index in [2.05, 4.69) is 5.32 Å². The maximum absolute atomic E-state index is 13.9. The average molecular weight is 579 g/mol. The first-order chi connectivity index (χ1) is 20.0. The summed E-state index contributed by atoms with van der Waals surface area (Å²) in [6.45, 7) is 4.14. The summed E-state index contributed by atoms with van der Waals surface area (Å²) in [4.78, 5) is 66.5. The second kappa shape index (κ2) is 13.2. The number of carbonyl (C=O) groups excluding carboxylic acids is 5. The first-order valence-electron chi connectivity index (χ1n) is 13.1. The highest BCUT2D eigenvalue weighted by molar-refractivity contribution is 6.07. The van der Waals surface area contributed by atoms with E-state index in [-0.39, 0.29) is 5.56 Å². The lowest BCUT2D eigenvalue weighted by atomic mass is 9.95.